The number of carbonyl (C=O) groups excluding carboxylic acids is 1. The molecule has 0 saturated carbocycles. The Bertz CT molecular complexity index is 2060. The molecule has 2 saturated heterocycles. The van der Waals surface area contributed by atoms with Gasteiger partial charge in [-0.25, -0.2) is 14.6 Å². The monoisotopic (exact) mass is 750 g/mol. The van der Waals surface area contributed by atoms with Crippen LogP contribution in [0.25, 0.3) is 26.4 Å². The molecule has 5 heterocycles. The van der Waals surface area contributed by atoms with Gasteiger partial charge in [0.2, 0.25) is 0 Å². The lowest BCUT2D eigenvalue weighted by Crippen LogP contribution is -2.57. The summed E-state index contributed by atoms with van der Waals surface area (Å²) in [7, 11) is 0. The number of carboxylic acids is 1. The van der Waals surface area contributed by atoms with E-state index in [0.29, 0.717) is 18.1 Å². The number of aromatic nitrogens is 3. The zero-order valence-corrected chi connectivity index (χ0v) is 30.2. The number of urea groups is 1. The quantitative estimate of drug-likeness (QED) is 0.123. The third-order valence-electron chi connectivity index (χ3n) is 9.50. The maximum absolute atomic E-state index is 12.8. The smallest absolute Gasteiger partial charge is 0.335 e. The largest absolute Gasteiger partial charge is 0.492 e. The molecule has 5 N–H and O–H groups in total. The summed E-state index contributed by atoms with van der Waals surface area (Å²) in [6, 6.07) is 14.4. The van der Waals surface area contributed by atoms with Crippen molar-refractivity contribution in [3.8, 4) is 17.0 Å². The number of amides is 2. The summed E-state index contributed by atoms with van der Waals surface area (Å²) in [5.41, 5.74) is 2.49. The van der Waals surface area contributed by atoms with Gasteiger partial charge in [0.15, 0.2) is 23.2 Å². The number of morpholine rings is 1. The van der Waals surface area contributed by atoms with Crippen LogP contribution < -0.4 is 15.4 Å². The predicted molar refractivity (Wildman–Crippen MR) is 194 cm³/mol. The van der Waals surface area contributed by atoms with Crippen LogP contribution in [0, 0.1) is 5.92 Å². The van der Waals surface area contributed by atoms with Crippen molar-refractivity contribution >= 4 is 50.0 Å². The number of aliphatic hydroxyl groups excluding tert-OH is 2. The van der Waals surface area contributed by atoms with E-state index in [1.165, 1.54) is 6.92 Å². The lowest BCUT2D eigenvalue weighted by atomic mass is 9.89. The highest BCUT2D eigenvalue weighted by Gasteiger charge is 2.46. The fourth-order valence-corrected chi connectivity index (χ4v) is 7.25. The molecule has 17 heteroatoms. The molecule has 2 amide bonds. The zero-order valence-electron chi connectivity index (χ0n) is 29.4. The Labute approximate surface area is 308 Å². The number of aliphatic carboxylic acids is 1. The first-order valence-electron chi connectivity index (χ1n) is 17.3. The average Bonchev–Trinajstić information content (AvgIpc) is 3.87. The van der Waals surface area contributed by atoms with Gasteiger partial charge in [-0.2, -0.15) is 0 Å². The fourth-order valence-electron chi connectivity index (χ4n) is 6.22. The second-order valence-corrected chi connectivity index (χ2v) is 14.9. The number of benzene rings is 2. The Hall–Kier alpha value is -4.62. The van der Waals surface area contributed by atoms with Gasteiger partial charge in [0.1, 0.15) is 24.2 Å². The van der Waals surface area contributed by atoms with Crippen molar-refractivity contribution < 1.29 is 48.4 Å². The van der Waals surface area contributed by atoms with Crippen LogP contribution in [-0.2, 0) is 24.4 Å². The topological polar surface area (TPSA) is 202 Å². The van der Waals surface area contributed by atoms with Gasteiger partial charge in [-0.3, -0.25) is 14.6 Å². The van der Waals surface area contributed by atoms with Gasteiger partial charge in [0.25, 0.3) is 0 Å². The number of hydrogen-bond acceptors (Lipinski definition) is 13. The molecule has 3 aromatic heterocycles. The van der Waals surface area contributed by atoms with E-state index in [1.807, 2.05) is 24.4 Å². The number of thiazole rings is 1. The number of fused-ring (bicyclic) bond motifs is 3. The second-order valence-electron chi connectivity index (χ2n) is 13.8. The van der Waals surface area contributed by atoms with Crippen molar-refractivity contribution in [2.24, 2.45) is 5.92 Å². The summed E-state index contributed by atoms with van der Waals surface area (Å²) in [5, 5.41) is 39.3. The molecule has 2 aliphatic rings. The fraction of sp³-hybridized carbons (Fsp3) is 0.444. The first-order chi connectivity index (χ1) is 25.4. The summed E-state index contributed by atoms with van der Waals surface area (Å²) in [6.07, 6.45) is -3.44. The van der Waals surface area contributed by atoms with Crippen LogP contribution in [0.15, 0.2) is 59.3 Å². The van der Waals surface area contributed by atoms with Crippen LogP contribution in [0.1, 0.15) is 26.5 Å². The number of anilines is 2. The number of hydrogen-bond donors (Lipinski definition) is 5. The average molecular weight is 751 g/mol. The first-order valence-corrected chi connectivity index (χ1v) is 18.1. The summed E-state index contributed by atoms with van der Waals surface area (Å²) < 4.78 is 31.1. The minimum absolute atomic E-state index is 0.0477. The van der Waals surface area contributed by atoms with Crippen molar-refractivity contribution in [2.45, 2.75) is 50.8 Å². The summed E-state index contributed by atoms with van der Waals surface area (Å²) in [4.78, 5) is 32.3. The van der Waals surface area contributed by atoms with Crippen LogP contribution in [0.2, 0.25) is 0 Å². The van der Waals surface area contributed by atoms with Crippen molar-refractivity contribution in [3.05, 3.63) is 60.5 Å². The Morgan fingerprint density at radius 1 is 1.06 bits per heavy atom. The number of aliphatic hydroxyl groups is 2. The zero-order chi connectivity index (χ0) is 37.3. The molecule has 7 rings (SSSR count). The number of carboxylic acid groups (broad SMARTS) is 1. The highest BCUT2D eigenvalue weighted by atomic mass is 32.1. The summed E-state index contributed by atoms with van der Waals surface area (Å²) in [6.45, 7) is 9.95. The van der Waals surface area contributed by atoms with E-state index in [1.54, 1.807) is 43.4 Å². The van der Waals surface area contributed by atoms with E-state index in [4.69, 9.17) is 28.5 Å². The number of nitrogens with one attached hydrogen (secondary N) is 2. The van der Waals surface area contributed by atoms with E-state index in [-0.39, 0.29) is 12.4 Å². The highest BCUT2D eigenvalue weighted by Crippen LogP contribution is 2.33. The van der Waals surface area contributed by atoms with Crippen molar-refractivity contribution in [1.82, 2.24) is 19.4 Å². The van der Waals surface area contributed by atoms with E-state index in [0.717, 1.165) is 65.0 Å². The summed E-state index contributed by atoms with van der Waals surface area (Å²) >= 11 is 1.59. The van der Waals surface area contributed by atoms with Crippen LogP contribution in [0.5, 0.6) is 5.75 Å². The molecule has 2 aromatic carbocycles. The molecule has 0 aliphatic carbocycles. The molecule has 5 aromatic rings. The number of ether oxygens (including phenoxy) is 4. The molecule has 5 atom stereocenters. The SMILES string of the molecule is CC1C(O)C(OCC(C)(C)c2cc(NC(=O)Nc3ccc(-c4cn5c(n4)sc4cc(OCCN6CCOCC6)ccc45)cc3)no2)OC(C(=O)O)C1O. The van der Waals surface area contributed by atoms with Gasteiger partial charge in [-0.05, 0) is 30.3 Å². The lowest BCUT2D eigenvalue weighted by molar-refractivity contribution is -0.284. The van der Waals surface area contributed by atoms with Gasteiger partial charge >= 0.3 is 12.0 Å². The van der Waals surface area contributed by atoms with E-state index in [2.05, 4.69) is 37.2 Å². The van der Waals surface area contributed by atoms with Crippen LogP contribution in [0.4, 0.5) is 16.3 Å². The molecule has 0 radical (unpaired) electrons. The molecule has 0 spiro atoms. The first kappa shape index (κ1) is 36.7. The van der Waals surface area contributed by atoms with E-state index < -0.39 is 47.9 Å². The van der Waals surface area contributed by atoms with Crippen LogP contribution in [0.3, 0.4) is 0 Å². The minimum Gasteiger partial charge on any atom is -0.492 e. The minimum atomic E-state index is -1.53. The Morgan fingerprint density at radius 2 is 1.83 bits per heavy atom. The number of imidazole rings is 1. The number of nitrogens with zero attached hydrogens (tertiary/aromatic N) is 4. The number of carbonyl (C=O) groups is 2. The van der Waals surface area contributed by atoms with E-state index in [9.17, 15) is 24.9 Å². The lowest BCUT2D eigenvalue weighted by Gasteiger charge is -2.40. The molecule has 16 nitrogen and oxygen atoms in total. The number of rotatable bonds is 12. The molecular formula is C36H42N6O10S. The normalized spacial score (nSPS) is 22.6. The molecule has 5 unspecified atom stereocenters. The summed E-state index contributed by atoms with van der Waals surface area (Å²) in [5.74, 6) is -0.776. The van der Waals surface area contributed by atoms with Crippen molar-refractivity contribution in [2.75, 3.05) is 56.7 Å². The van der Waals surface area contributed by atoms with Crippen LogP contribution >= 0.6 is 11.3 Å². The van der Waals surface area contributed by atoms with Crippen molar-refractivity contribution in [3.63, 3.8) is 0 Å². The maximum atomic E-state index is 12.8. The van der Waals surface area contributed by atoms with Gasteiger partial charge in [-0.1, -0.05) is 49.4 Å². The molecule has 53 heavy (non-hydrogen) atoms. The maximum Gasteiger partial charge on any atom is 0.335 e. The molecular weight excluding hydrogens is 708 g/mol. The molecule has 2 aliphatic heterocycles. The van der Waals surface area contributed by atoms with Gasteiger partial charge < -0.3 is 44.1 Å². The van der Waals surface area contributed by atoms with Gasteiger partial charge in [-0.15, -0.1) is 0 Å². The van der Waals surface area contributed by atoms with Gasteiger partial charge in [0.05, 0.1) is 41.8 Å². The Kier molecular flexibility index (Phi) is 10.7. The third-order valence-corrected chi connectivity index (χ3v) is 10.5. The molecule has 282 valence electrons. The third kappa shape index (κ3) is 8.16. The van der Waals surface area contributed by atoms with Crippen molar-refractivity contribution in [1.29, 1.82) is 0 Å². The predicted octanol–water partition coefficient (Wildman–Crippen LogP) is 4.02. The second kappa shape index (κ2) is 15.4. The standard InChI is InChI=1S/C36H42N6O10S/c1-20-29(43)31(32(45)46)51-33(30(20)44)50-19-36(2,3)27-17-28(40-52-27)39-34(47)37-22-6-4-21(5-7-22)24-18-42-25-9-8-23(16-26(25)53-35(42)38-24)49-15-12-41-10-13-48-14-11-41/h4-9,16-18,20,29-31,33,43-44H,10-15,19H2,1-3H3,(H,45,46)(H2,37,39,40,47). The van der Waals surface area contributed by atoms with Gasteiger partial charge in [0, 0.05) is 54.5 Å². The molecule has 2 fully saturated rings. The molecule has 0 bridgehead atoms. The Morgan fingerprint density at radius 3 is 2.58 bits per heavy atom. The van der Waals surface area contributed by atoms with Crippen LogP contribution in [-0.4, -0.2) is 117 Å². The van der Waals surface area contributed by atoms with E-state index >= 15 is 0 Å². The highest BCUT2D eigenvalue weighted by molar-refractivity contribution is 7.23. The Balaban J connectivity index is 0.914.